The molecule has 1 aliphatic rings. The van der Waals surface area contributed by atoms with Crippen molar-refractivity contribution in [3.05, 3.63) is 82.1 Å². The van der Waals surface area contributed by atoms with Crippen LogP contribution < -0.4 is 5.32 Å². The van der Waals surface area contributed by atoms with Gasteiger partial charge < -0.3 is 14.3 Å². The smallest absolute Gasteiger partial charge is 0.268 e. The molecule has 1 amide bonds. The summed E-state index contributed by atoms with van der Waals surface area (Å²) in [4.78, 5) is 13.0. The lowest BCUT2D eigenvalue weighted by Gasteiger charge is -2.17. The maximum atomic E-state index is 13.7. The fraction of sp³-hybridized carbons (Fsp3) is 0.318. The van der Waals surface area contributed by atoms with Gasteiger partial charge in [0, 0.05) is 12.2 Å². The molecule has 0 aliphatic heterocycles. The van der Waals surface area contributed by atoms with E-state index in [0.29, 0.717) is 30.1 Å². The van der Waals surface area contributed by atoms with Gasteiger partial charge in [-0.05, 0) is 73.6 Å². The van der Waals surface area contributed by atoms with Crippen molar-refractivity contribution in [2.24, 2.45) is 0 Å². The van der Waals surface area contributed by atoms with Gasteiger partial charge in [0.25, 0.3) is 5.91 Å². The largest absolute Gasteiger partial charge is 0.467 e. The molecule has 2 heterocycles. The summed E-state index contributed by atoms with van der Waals surface area (Å²) in [5.41, 5.74) is 4.51. The van der Waals surface area contributed by atoms with Crippen LogP contribution in [0.5, 0.6) is 0 Å². The summed E-state index contributed by atoms with van der Waals surface area (Å²) in [5.74, 6) is -1.26. The van der Waals surface area contributed by atoms with Crippen LogP contribution in [0, 0.1) is 18.6 Å². The predicted molar refractivity (Wildman–Crippen MR) is 101 cm³/mol. The third-order valence-corrected chi connectivity index (χ3v) is 5.39. The summed E-state index contributed by atoms with van der Waals surface area (Å²) in [6, 6.07) is 7.47. The standard InChI is InChI=1S/C22H22F2N2O2/c1-14-17-6-2-3-7-20(17)26(13-15-8-9-18(23)19(24)11-15)21(14)22(27)25-12-16-5-4-10-28-16/h4-5,8-11H,2-3,6-7,12-13H2,1H3,(H,25,27). The molecule has 0 spiro atoms. The third-order valence-electron chi connectivity index (χ3n) is 5.39. The van der Waals surface area contributed by atoms with Gasteiger partial charge in [0.1, 0.15) is 11.5 Å². The van der Waals surface area contributed by atoms with E-state index >= 15 is 0 Å². The number of hydrogen-bond acceptors (Lipinski definition) is 2. The number of carbonyl (C=O) groups excluding carboxylic acids is 1. The molecule has 0 saturated heterocycles. The molecule has 0 saturated carbocycles. The first-order valence-electron chi connectivity index (χ1n) is 9.50. The highest BCUT2D eigenvalue weighted by Crippen LogP contribution is 2.30. The average molecular weight is 384 g/mol. The lowest BCUT2D eigenvalue weighted by Crippen LogP contribution is -2.26. The van der Waals surface area contributed by atoms with Gasteiger partial charge in [-0.3, -0.25) is 4.79 Å². The van der Waals surface area contributed by atoms with Crippen LogP contribution in [0.2, 0.25) is 0 Å². The maximum absolute atomic E-state index is 13.7. The van der Waals surface area contributed by atoms with Gasteiger partial charge in [-0.25, -0.2) is 8.78 Å². The molecule has 6 heteroatoms. The Balaban J connectivity index is 1.68. The number of benzene rings is 1. The van der Waals surface area contributed by atoms with E-state index in [-0.39, 0.29) is 5.91 Å². The number of aromatic nitrogens is 1. The van der Waals surface area contributed by atoms with Crippen LogP contribution in [0.3, 0.4) is 0 Å². The zero-order chi connectivity index (χ0) is 19.7. The first kappa shape index (κ1) is 18.5. The van der Waals surface area contributed by atoms with Gasteiger partial charge in [-0.2, -0.15) is 0 Å². The molecule has 1 aromatic carbocycles. The average Bonchev–Trinajstić information content (AvgIpc) is 3.30. The minimum atomic E-state index is -0.876. The van der Waals surface area contributed by atoms with Gasteiger partial charge in [0.15, 0.2) is 11.6 Å². The minimum absolute atomic E-state index is 0.189. The SMILES string of the molecule is Cc1c2c(n(Cc3ccc(F)c(F)c3)c1C(=O)NCc1ccco1)CCCC2. The molecule has 0 unspecified atom stereocenters. The highest BCUT2D eigenvalue weighted by molar-refractivity contribution is 5.95. The van der Waals surface area contributed by atoms with E-state index in [9.17, 15) is 13.6 Å². The van der Waals surface area contributed by atoms with Crippen LogP contribution >= 0.6 is 0 Å². The van der Waals surface area contributed by atoms with Crippen molar-refractivity contribution in [1.29, 1.82) is 0 Å². The Morgan fingerprint density at radius 2 is 2.00 bits per heavy atom. The van der Waals surface area contributed by atoms with E-state index in [4.69, 9.17) is 4.42 Å². The van der Waals surface area contributed by atoms with Crippen LogP contribution in [0.15, 0.2) is 41.0 Å². The van der Waals surface area contributed by atoms with Gasteiger partial charge in [0.2, 0.25) is 0 Å². The molecule has 0 bridgehead atoms. The fourth-order valence-corrected chi connectivity index (χ4v) is 4.02. The molecule has 2 aromatic heterocycles. The summed E-state index contributed by atoms with van der Waals surface area (Å²) in [6.07, 6.45) is 5.53. The number of rotatable bonds is 5. The first-order chi connectivity index (χ1) is 13.5. The summed E-state index contributed by atoms with van der Waals surface area (Å²) < 4.78 is 34.2. The number of carbonyl (C=O) groups is 1. The van der Waals surface area contributed by atoms with Crippen LogP contribution in [-0.4, -0.2) is 10.5 Å². The van der Waals surface area contributed by atoms with Crippen LogP contribution in [0.25, 0.3) is 0 Å². The topological polar surface area (TPSA) is 47.2 Å². The van der Waals surface area contributed by atoms with E-state index in [1.807, 2.05) is 11.5 Å². The molecule has 0 atom stereocenters. The van der Waals surface area contributed by atoms with Crippen molar-refractivity contribution in [1.82, 2.24) is 9.88 Å². The van der Waals surface area contributed by atoms with Crippen LogP contribution in [0.1, 0.15) is 51.5 Å². The molecular formula is C22H22F2N2O2. The summed E-state index contributed by atoms with van der Waals surface area (Å²) >= 11 is 0. The third kappa shape index (κ3) is 3.46. The fourth-order valence-electron chi connectivity index (χ4n) is 4.02. The van der Waals surface area contributed by atoms with E-state index in [2.05, 4.69) is 5.32 Å². The molecule has 146 valence electrons. The van der Waals surface area contributed by atoms with Crippen molar-refractivity contribution in [2.75, 3.05) is 0 Å². The van der Waals surface area contributed by atoms with Crippen molar-refractivity contribution in [3.8, 4) is 0 Å². The van der Waals surface area contributed by atoms with Gasteiger partial charge in [-0.15, -0.1) is 0 Å². The van der Waals surface area contributed by atoms with Crippen LogP contribution in [0.4, 0.5) is 8.78 Å². The summed E-state index contributed by atoms with van der Waals surface area (Å²) in [7, 11) is 0. The van der Waals surface area contributed by atoms with Crippen molar-refractivity contribution < 1.29 is 18.0 Å². The monoisotopic (exact) mass is 384 g/mol. The van der Waals surface area contributed by atoms with Crippen molar-refractivity contribution in [3.63, 3.8) is 0 Å². The Morgan fingerprint density at radius 3 is 2.75 bits per heavy atom. The lowest BCUT2D eigenvalue weighted by atomic mass is 9.95. The number of nitrogens with one attached hydrogen (secondary N) is 1. The van der Waals surface area contributed by atoms with Crippen LogP contribution in [-0.2, 0) is 25.9 Å². The Hall–Kier alpha value is -2.89. The minimum Gasteiger partial charge on any atom is -0.467 e. The molecule has 0 fully saturated rings. The van der Waals surface area contributed by atoms with E-state index in [1.54, 1.807) is 24.5 Å². The zero-order valence-corrected chi connectivity index (χ0v) is 15.7. The van der Waals surface area contributed by atoms with Gasteiger partial charge in [-0.1, -0.05) is 6.07 Å². The van der Waals surface area contributed by atoms with Gasteiger partial charge in [0.05, 0.1) is 12.8 Å². The summed E-state index contributed by atoms with van der Waals surface area (Å²) in [6.45, 7) is 2.59. The number of hydrogen-bond donors (Lipinski definition) is 1. The second kappa shape index (κ2) is 7.62. The number of halogens is 2. The molecule has 3 aromatic rings. The zero-order valence-electron chi connectivity index (χ0n) is 15.7. The highest BCUT2D eigenvalue weighted by atomic mass is 19.2. The number of amides is 1. The highest BCUT2D eigenvalue weighted by Gasteiger charge is 2.26. The maximum Gasteiger partial charge on any atom is 0.268 e. The second-order valence-electron chi connectivity index (χ2n) is 7.20. The van der Waals surface area contributed by atoms with E-state index in [0.717, 1.165) is 43.0 Å². The Bertz CT molecular complexity index is 1010. The number of fused-ring (bicyclic) bond motifs is 1. The second-order valence-corrected chi connectivity index (χ2v) is 7.20. The number of nitrogens with zero attached hydrogens (tertiary/aromatic N) is 1. The Labute approximate surface area is 162 Å². The molecule has 1 aliphatic carbocycles. The van der Waals surface area contributed by atoms with E-state index < -0.39 is 11.6 Å². The van der Waals surface area contributed by atoms with Crippen molar-refractivity contribution in [2.45, 2.75) is 45.7 Å². The molecule has 0 radical (unpaired) electrons. The lowest BCUT2D eigenvalue weighted by molar-refractivity contribution is 0.0938. The number of furan rings is 1. The Kier molecular flexibility index (Phi) is 5.03. The quantitative estimate of drug-likeness (QED) is 0.703. The van der Waals surface area contributed by atoms with Crippen molar-refractivity contribution >= 4 is 5.91 Å². The molecule has 1 N–H and O–H groups in total. The van der Waals surface area contributed by atoms with Gasteiger partial charge >= 0.3 is 0 Å². The Morgan fingerprint density at radius 1 is 1.18 bits per heavy atom. The molecule has 4 rings (SSSR count). The van der Waals surface area contributed by atoms with E-state index in [1.165, 1.54) is 11.6 Å². The first-order valence-corrected chi connectivity index (χ1v) is 9.50. The predicted octanol–water partition coefficient (Wildman–Crippen LogP) is 4.52. The molecular weight excluding hydrogens is 362 g/mol. The molecule has 4 nitrogen and oxygen atoms in total. The molecule has 28 heavy (non-hydrogen) atoms. The summed E-state index contributed by atoms with van der Waals surface area (Å²) in [5, 5.41) is 2.91. The normalized spacial score (nSPS) is 13.4.